The molecular weight excluding hydrogens is 450 g/mol. The molecule has 2 nitrogen and oxygen atoms in total. The molecule has 36 heavy (non-hydrogen) atoms. The molecule has 1 aromatic heterocycles. The predicted molar refractivity (Wildman–Crippen MR) is 148 cm³/mol. The first-order valence-corrected chi connectivity index (χ1v) is 13.1. The molecule has 0 amide bonds. The summed E-state index contributed by atoms with van der Waals surface area (Å²) in [6, 6.07) is 15.9. The number of nitrogens with zero attached hydrogens (tertiary/aromatic N) is 2. The maximum Gasteiger partial charge on any atom is 0.147 e. The van der Waals surface area contributed by atoms with Crippen LogP contribution in [-0.4, -0.2) is 16.2 Å². The largest absolute Gasteiger partial charge is 0.282 e. The van der Waals surface area contributed by atoms with Gasteiger partial charge in [-0.1, -0.05) is 63.6 Å². The molecule has 1 saturated carbocycles. The van der Waals surface area contributed by atoms with Crippen molar-refractivity contribution < 1.29 is 8.78 Å². The highest BCUT2D eigenvalue weighted by molar-refractivity contribution is 6.06. The number of aliphatic imine (C=N–C) groups is 1. The Balaban J connectivity index is 0.000000674. The van der Waals surface area contributed by atoms with Crippen LogP contribution in [0.3, 0.4) is 0 Å². The molecule has 4 heteroatoms. The second-order valence-corrected chi connectivity index (χ2v) is 9.35. The van der Waals surface area contributed by atoms with E-state index in [-0.39, 0.29) is 11.2 Å². The van der Waals surface area contributed by atoms with Crippen molar-refractivity contribution in [3.8, 4) is 11.1 Å². The highest BCUT2D eigenvalue weighted by atomic mass is 19.1. The average Bonchev–Trinajstić information content (AvgIpc) is 2.82. The molecule has 0 N–H and O–H groups in total. The van der Waals surface area contributed by atoms with Gasteiger partial charge < -0.3 is 0 Å². The Bertz CT molecular complexity index is 1190. The molecule has 2 aromatic carbocycles. The van der Waals surface area contributed by atoms with Crippen molar-refractivity contribution in [2.45, 2.75) is 78.2 Å². The Morgan fingerprint density at radius 2 is 1.58 bits per heavy atom. The molecule has 0 radical (unpaired) electrons. The number of halogens is 2. The molecule has 3 aromatic rings. The summed E-state index contributed by atoms with van der Waals surface area (Å²) >= 11 is 0. The van der Waals surface area contributed by atoms with Crippen LogP contribution in [0, 0.1) is 11.6 Å². The third-order valence-electron chi connectivity index (χ3n) is 6.56. The second kappa shape index (κ2) is 12.7. The van der Waals surface area contributed by atoms with Gasteiger partial charge in [0, 0.05) is 24.6 Å². The van der Waals surface area contributed by atoms with E-state index in [4.69, 9.17) is 4.99 Å². The van der Waals surface area contributed by atoms with Crippen molar-refractivity contribution in [3.05, 3.63) is 101 Å². The van der Waals surface area contributed by atoms with Gasteiger partial charge in [-0.25, -0.2) is 8.78 Å². The molecule has 0 unspecified atom stereocenters. The van der Waals surface area contributed by atoms with Gasteiger partial charge in [0.15, 0.2) is 0 Å². The lowest BCUT2D eigenvalue weighted by atomic mass is 9.68. The summed E-state index contributed by atoms with van der Waals surface area (Å²) in [6.07, 6.45) is 10.00. The van der Waals surface area contributed by atoms with E-state index in [0.29, 0.717) is 6.42 Å². The number of hydrogen-bond donors (Lipinski definition) is 0. The lowest BCUT2D eigenvalue weighted by molar-refractivity contribution is 0.237. The zero-order valence-electron chi connectivity index (χ0n) is 22.1. The first-order valence-electron chi connectivity index (χ1n) is 13.1. The molecule has 190 valence electrons. The normalized spacial score (nSPS) is 14.8. The molecule has 0 bridgehead atoms. The van der Waals surface area contributed by atoms with E-state index in [1.54, 1.807) is 6.08 Å². The van der Waals surface area contributed by atoms with Gasteiger partial charge in [0.2, 0.25) is 0 Å². The van der Waals surface area contributed by atoms with E-state index < -0.39 is 11.6 Å². The highest BCUT2D eigenvalue weighted by Crippen LogP contribution is 2.46. The molecule has 1 aliphatic carbocycles. The zero-order chi connectivity index (χ0) is 26.1. The SMILES string of the molecule is C=CC.CC.CCCc1ccc(-c2cc(Cc3ncc(F)cc3F)cc(C3=NC4(CCC4)C3)c2)cc1. The fourth-order valence-electron chi connectivity index (χ4n) is 4.67. The van der Waals surface area contributed by atoms with Crippen molar-refractivity contribution >= 4 is 5.71 Å². The Labute approximate surface area is 215 Å². The van der Waals surface area contributed by atoms with Crippen LogP contribution in [0.4, 0.5) is 8.78 Å². The molecule has 1 fully saturated rings. The van der Waals surface area contributed by atoms with Crippen LogP contribution >= 0.6 is 0 Å². The average molecular weight is 489 g/mol. The monoisotopic (exact) mass is 488 g/mol. The molecule has 0 saturated heterocycles. The van der Waals surface area contributed by atoms with Gasteiger partial charge in [-0.2, -0.15) is 0 Å². The standard InChI is InChI=1S/C27H26F2N2.C3H6.C2H6/c1-2-4-18-5-7-20(8-6-18)21-11-19(13-25-24(29)15-23(28)17-30-25)12-22(14-21)26-16-27(31-26)9-3-10-27;1-3-2;1-2/h5-8,11-12,14-15,17H,2-4,9-10,13,16H2,1H3;3H,1H2,2H3;1-2H3. The Hall–Kier alpha value is -3.14. The number of aryl methyl sites for hydroxylation is 1. The van der Waals surface area contributed by atoms with E-state index >= 15 is 0 Å². The maximum atomic E-state index is 14.2. The molecule has 5 rings (SSSR count). The van der Waals surface area contributed by atoms with Gasteiger partial charge in [-0.3, -0.25) is 9.98 Å². The van der Waals surface area contributed by atoms with Gasteiger partial charge in [-0.05, 0) is 72.6 Å². The van der Waals surface area contributed by atoms with Crippen molar-refractivity contribution in [2.24, 2.45) is 4.99 Å². The molecule has 0 atom stereocenters. The van der Waals surface area contributed by atoms with Gasteiger partial charge in [0.05, 0.1) is 17.4 Å². The van der Waals surface area contributed by atoms with Crippen LogP contribution in [0.1, 0.15) is 82.2 Å². The van der Waals surface area contributed by atoms with E-state index in [1.807, 2.05) is 20.8 Å². The Kier molecular flexibility index (Phi) is 9.69. The smallest absolute Gasteiger partial charge is 0.147 e. The lowest BCUT2D eigenvalue weighted by Gasteiger charge is -2.46. The quantitative estimate of drug-likeness (QED) is 0.318. The Morgan fingerprint density at radius 3 is 2.14 bits per heavy atom. The fourth-order valence-corrected chi connectivity index (χ4v) is 4.67. The van der Waals surface area contributed by atoms with E-state index in [0.717, 1.165) is 59.5 Å². The Morgan fingerprint density at radius 1 is 0.944 bits per heavy atom. The summed E-state index contributed by atoms with van der Waals surface area (Å²) in [6.45, 7) is 11.4. The van der Waals surface area contributed by atoms with Crippen molar-refractivity contribution in [2.75, 3.05) is 0 Å². The molecule has 1 spiro atoms. The summed E-state index contributed by atoms with van der Waals surface area (Å²) in [7, 11) is 0. The van der Waals surface area contributed by atoms with Crippen LogP contribution in [-0.2, 0) is 12.8 Å². The number of rotatable bonds is 6. The van der Waals surface area contributed by atoms with Crippen LogP contribution in [0.25, 0.3) is 11.1 Å². The van der Waals surface area contributed by atoms with E-state index in [9.17, 15) is 8.78 Å². The summed E-state index contributed by atoms with van der Waals surface area (Å²) in [5, 5.41) is 0. The van der Waals surface area contributed by atoms with Crippen molar-refractivity contribution in [3.63, 3.8) is 0 Å². The second-order valence-electron chi connectivity index (χ2n) is 9.35. The fraction of sp³-hybridized carbons (Fsp3) is 0.375. The summed E-state index contributed by atoms with van der Waals surface area (Å²) in [5.74, 6) is -1.26. The van der Waals surface area contributed by atoms with Crippen LogP contribution in [0.5, 0.6) is 0 Å². The first-order chi connectivity index (χ1) is 17.4. The number of benzene rings is 2. The van der Waals surface area contributed by atoms with Crippen LogP contribution in [0.15, 0.2) is 72.4 Å². The zero-order valence-corrected chi connectivity index (χ0v) is 22.1. The number of allylic oxidation sites excluding steroid dienone is 1. The first kappa shape index (κ1) is 27.4. The number of hydrogen-bond acceptors (Lipinski definition) is 2. The molecule has 2 heterocycles. The lowest BCUT2D eigenvalue weighted by Crippen LogP contribution is -2.45. The van der Waals surface area contributed by atoms with Crippen LogP contribution in [0.2, 0.25) is 0 Å². The summed E-state index contributed by atoms with van der Waals surface area (Å²) in [4.78, 5) is 8.94. The van der Waals surface area contributed by atoms with Gasteiger partial charge in [0.25, 0.3) is 0 Å². The van der Waals surface area contributed by atoms with Crippen molar-refractivity contribution in [1.29, 1.82) is 0 Å². The molecular formula is C32H38F2N2. The minimum atomic E-state index is -0.655. The van der Waals surface area contributed by atoms with Gasteiger partial charge >= 0.3 is 0 Å². The molecule has 2 aliphatic rings. The topological polar surface area (TPSA) is 25.2 Å². The number of pyridine rings is 1. The third-order valence-corrected chi connectivity index (χ3v) is 6.56. The minimum Gasteiger partial charge on any atom is -0.282 e. The van der Waals surface area contributed by atoms with E-state index in [1.165, 1.54) is 24.8 Å². The van der Waals surface area contributed by atoms with Gasteiger partial charge in [0.1, 0.15) is 11.6 Å². The molecule has 1 aliphatic heterocycles. The van der Waals surface area contributed by atoms with Gasteiger partial charge in [-0.15, -0.1) is 6.58 Å². The van der Waals surface area contributed by atoms with Crippen LogP contribution < -0.4 is 0 Å². The third kappa shape index (κ3) is 6.54. The highest BCUT2D eigenvalue weighted by Gasteiger charge is 2.44. The maximum absolute atomic E-state index is 14.2. The summed E-state index contributed by atoms with van der Waals surface area (Å²) in [5.41, 5.74) is 7.20. The minimum absolute atomic E-state index is 0.192. The number of aromatic nitrogens is 1. The summed E-state index contributed by atoms with van der Waals surface area (Å²) < 4.78 is 27.5. The van der Waals surface area contributed by atoms with E-state index in [2.05, 4.69) is 61.0 Å². The van der Waals surface area contributed by atoms with Crippen molar-refractivity contribution in [1.82, 2.24) is 4.98 Å². The predicted octanol–water partition coefficient (Wildman–Crippen LogP) is 8.90.